The van der Waals surface area contributed by atoms with Gasteiger partial charge in [0.25, 0.3) is 10.0 Å². The third-order valence-electron chi connectivity index (χ3n) is 5.16. The highest BCUT2D eigenvalue weighted by Crippen LogP contribution is 2.28. The summed E-state index contributed by atoms with van der Waals surface area (Å²) >= 11 is 0. The first-order valence-electron chi connectivity index (χ1n) is 10.6. The van der Waals surface area contributed by atoms with Gasteiger partial charge in [0.2, 0.25) is 5.91 Å². The maximum Gasteiger partial charge on any atom is 0.264 e. The molecule has 180 valence electrons. The van der Waals surface area contributed by atoms with E-state index in [0.29, 0.717) is 35.9 Å². The first kappa shape index (κ1) is 24.9. The van der Waals surface area contributed by atoms with Gasteiger partial charge in [0.1, 0.15) is 12.3 Å². The molecule has 0 aromatic heterocycles. The molecule has 0 unspecified atom stereocenters. The standard InChI is InChI=1S/C25H28N2O6S/c1-31-21-10-12-22(13-11-21)34(29,30)27(20-7-5-4-6-8-20)18-25(28)26-16-15-19-9-14-23(32-2)24(17-19)33-3/h4-14,17H,15-16,18H2,1-3H3,(H,26,28). The molecule has 0 fully saturated rings. The molecular weight excluding hydrogens is 456 g/mol. The fourth-order valence-corrected chi connectivity index (χ4v) is 4.77. The molecule has 0 atom stereocenters. The van der Waals surface area contributed by atoms with E-state index in [1.165, 1.54) is 19.2 Å². The Morgan fingerprint density at radius 3 is 2.15 bits per heavy atom. The number of amides is 1. The van der Waals surface area contributed by atoms with Gasteiger partial charge in [-0.1, -0.05) is 24.3 Å². The zero-order valence-electron chi connectivity index (χ0n) is 19.4. The molecule has 0 saturated heterocycles. The second-order valence-electron chi connectivity index (χ2n) is 7.31. The van der Waals surface area contributed by atoms with Crippen molar-refractivity contribution in [1.29, 1.82) is 0 Å². The second kappa shape index (κ2) is 11.4. The van der Waals surface area contributed by atoms with Crippen LogP contribution in [0.15, 0.2) is 77.7 Å². The van der Waals surface area contributed by atoms with Crippen LogP contribution in [0, 0.1) is 0 Å². The van der Waals surface area contributed by atoms with Gasteiger partial charge in [-0.15, -0.1) is 0 Å². The number of carbonyl (C=O) groups excluding carboxylic acids is 1. The van der Waals surface area contributed by atoms with Crippen LogP contribution in [0.25, 0.3) is 0 Å². The van der Waals surface area contributed by atoms with Crippen molar-refractivity contribution in [1.82, 2.24) is 5.32 Å². The van der Waals surface area contributed by atoms with Crippen molar-refractivity contribution in [2.24, 2.45) is 0 Å². The van der Waals surface area contributed by atoms with Crippen LogP contribution in [0.1, 0.15) is 5.56 Å². The first-order valence-corrected chi connectivity index (χ1v) is 12.0. The largest absolute Gasteiger partial charge is 0.497 e. The van der Waals surface area contributed by atoms with Crippen molar-refractivity contribution in [3.8, 4) is 17.2 Å². The molecule has 0 saturated carbocycles. The number of rotatable bonds is 11. The van der Waals surface area contributed by atoms with Gasteiger partial charge in [-0.05, 0) is 60.5 Å². The van der Waals surface area contributed by atoms with Gasteiger partial charge in [-0.3, -0.25) is 9.10 Å². The molecule has 3 aromatic carbocycles. The van der Waals surface area contributed by atoms with Gasteiger partial charge in [-0.2, -0.15) is 0 Å². The third-order valence-corrected chi connectivity index (χ3v) is 6.95. The molecule has 34 heavy (non-hydrogen) atoms. The van der Waals surface area contributed by atoms with Crippen LogP contribution in [-0.4, -0.2) is 48.7 Å². The molecule has 1 N–H and O–H groups in total. The molecular formula is C25H28N2O6S. The maximum atomic E-state index is 13.4. The van der Waals surface area contributed by atoms with Crippen LogP contribution in [0.2, 0.25) is 0 Å². The third kappa shape index (κ3) is 5.99. The van der Waals surface area contributed by atoms with Crippen LogP contribution >= 0.6 is 0 Å². The normalized spacial score (nSPS) is 10.9. The van der Waals surface area contributed by atoms with Gasteiger partial charge < -0.3 is 19.5 Å². The highest BCUT2D eigenvalue weighted by molar-refractivity contribution is 7.92. The smallest absolute Gasteiger partial charge is 0.264 e. The van der Waals surface area contributed by atoms with Crippen molar-refractivity contribution >= 4 is 21.6 Å². The lowest BCUT2D eigenvalue weighted by atomic mass is 10.1. The van der Waals surface area contributed by atoms with Gasteiger partial charge in [0.05, 0.1) is 31.9 Å². The van der Waals surface area contributed by atoms with Gasteiger partial charge in [-0.25, -0.2) is 8.42 Å². The van der Waals surface area contributed by atoms with Crippen LogP contribution < -0.4 is 23.8 Å². The Balaban J connectivity index is 1.72. The van der Waals surface area contributed by atoms with Crippen molar-refractivity contribution in [3.05, 3.63) is 78.4 Å². The summed E-state index contributed by atoms with van der Waals surface area (Å²) in [4.78, 5) is 12.8. The molecule has 1 amide bonds. The highest BCUT2D eigenvalue weighted by atomic mass is 32.2. The molecule has 0 aliphatic heterocycles. The van der Waals surface area contributed by atoms with E-state index in [9.17, 15) is 13.2 Å². The lowest BCUT2D eigenvalue weighted by Crippen LogP contribution is -2.41. The number of nitrogens with one attached hydrogen (secondary N) is 1. The maximum absolute atomic E-state index is 13.4. The van der Waals surface area contributed by atoms with Crippen molar-refractivity contribution in [2.75, 3.05) is 38.7 Å². The summed E-state index contributed by atoms with van der Waals surface area (Å²) in [6.07, 6.45) is 0.544. The number of methoxy groups -OCH3 is 3. The SMILES string of the molecule is COc1ccc(S(=O)(=O)N(CC(=O)NCCc2ccc(OC)c(OC)c2)c2ccccc2)cc1. The lowest BCUT2D eigenvalue weighted by Gasteiger charge is -2.24. The molecule has 0 spiro atoms. The minimum Gasteiger partial charge on any atom is -0.497 e. The Morgan fingerprint density at radius 1 is 0.853 bits per heavy atom. The highest BCUT2D eigenvalue weighted by Gasteiger charge is 2.27. The summed E-state index contributed by atoms with van der Waals surface area (Å²) < 4.78 is 43.5. The van der Waals surface area contributed by atoms with Gasteiger partial charge >= 0.3 is 0 Å². The molecule has 9 heteroatoms. The molecule has 8 nitrogen and oxygen atoms in total. The summed E-state index contributed by atoms with van der Waals surface area (Å²) in [5, 5.41) is 2.80. The van der Waals surface area contributed by atoms with Gasteiger partial charge in [0, 0.05) is 6.54 Å². The molecule has 0 aliphatic rings. The van der Waals surface area contributed by atoms with E-state index in [-0.39, 0.29) is 11.4 Å². The van der Waals surface area contributed by atoms with E-state index in [2.05, 4.69) is 5.32 Å². The summed E-state index contributed by atoms with van der Waals surface area (Å²) in [6, 6.07) is 20.1. The van der Waals surface area contributed by atoms with E-state index in [1.807, 2.05) is 12.1 Å². The number of para-hydroxylation sites is 1. The number of sulfonamides is 1. The average Bonchev–Trinajstić information content (AvgIpc) is 2.87. The van der Waals surface area contributed by atoms with E-state index >= 15 is 0 Å². The predicted molar refractivity (Wildman–Crippen MR) is 130 cm³/mol. The Morgan fingerprint density at radius 2 is 1.53 bits per heavy atom. The van der Waals surface area contributed by atoms with Crippen LogP contribution in [0.3, 0.4) is 0 Å². The summed E-state index contributed by atoms with van der Waals surface area (Å²) in [5.41, 5.74) is 1.34. The van der Waals surface area contributed by atoms with Crippen molar-refractivity contribution in [2.45, 2.75) is 11.3 Å². The minimum absolute atomic E-state index is 0.0651. The Labute approximate surface area is 200 Å². The number of hydrogen-bond acceptors (Lipinski definition) is 6. The van der Waals surface area contributed by atoms with Crippen molar-refractivity contribution < 1.29 is 27.4 Å². The second-order valence-corrected chi connectivity index (χ2v) is 9.17. The van der Waals surface area contributed by atoms with Crippen LogP contribution in [-0.2, 0) is 21.2 Å². The molecule has 0 radical (unpaired) electrons. The average molecular weight is 485 g/mol. The monoisotopic (exact) mass is 484 g/mol. The number of hydrogen-bond donors (Lipinski definition) is 1. The summed E-state index contributed by atoms with van der Waals surface area (Å²) in [7, 11) is 0.651. The molecule has 0 bridgehead atoms. The van der Waals surface area contributed by atoms with E-state index in [1.54, 1.807) is 62.8 Å². The summed E-state index contributed by atoms with van der Waals surface area (Å²) in [5.74, 6) is 1.35. The molecule has 3 rings (SSSR count). The van der Waals surface area contributed by atoms with E-state index in [4.69, 9.17) is 14.2 Å². The minimum atomic E-state index is -3.98. The number of anilines is 1. The quantitative estimate of drug-likeness (QED) is 0.449. The fourth-order valence-electron chi connectivity index (χ4n) is 3.35. The Hall–Kier alpha value is -3.72. The molecule has 0 aliphatic carbocycles. The lowest BCUT2D eigenvalue weighted by molar-refractivity contribution is -0.119. The van der Waals surface area contributed by atoms with Gasteiger partial charge in [0.15, 0.2) is 11.5 Å². The fraction of sp³-hybridized carbons (Fsp3) is 0.240. The van der Waals surface area contributed by atoms with Crippen LogP contribution in [0.4, 0.5) is 5.69 Å². The molecule has 0 heterocycles. The first-order chi connectivity index (χ1) is 16.4. The number of ether oxygens (including phenoxy) is 3. The van der Waals surface area contributed by atoms with Crippen molar-refractivity contribution in [3.63, 3.8) is 0 Å². The predicted octanol–water partition coefficient (Wildman–Crippen LogP) is 3.27. The number of benzene rings is 3. The Bertz CT molecular complexity index is 1200. The zero-order chi connectivity index (χ0) is 24.6. The number of carbonyl (C=O) groups is 1. The molecule has 3 aromatic rings. The van der Waals surface area contributed by atoms with Crippen LogP contribution in [0.5, 0.6) is 17.2 Å². The zero-order valence-corrected chi connectivity index (χ0v) is 20.2. The van der Waals surface area contributed by atoms with E-state index in [0.717, 1.165) is 9.87 Å². The number of nitrogens with zero attached hydrogens (tertiary/aromatic N) is 1. The van der Waals surface area contributed by atoms with E-state index < -0.39 is 15.9 Å². The Kier molecular flexibility index (Phi) is 8.37. The topological polar surface area (TPSA) is 94.2 Å². The summed E-state index contributed by atoms with van der Waals surface area (Å²) in [6.45, 7) is -0.0240.